The first kappa shape index (κ1) is 16.9. The maximum atomic E-state index is 11.7. The van der Waals surface area contributed by atoms with Crippen LogP contribution in [0, 0.1) is 5.92 Å². The van der Waals surface area contributed by atoms with Crippen LogP contribution in [-0.2, 0) is 9.59 Å². The Hall–Kier alpha value is -1.10. The van der Waals surface area contributed by atoms with Crippen LogP contribution in [0.4, 0.5) is 0 Å². The van der Waals surface area contributed by atoms with Crippen LogP contribution in [-0.4, -0.2) is 29.6 Å². The lowest BCUT2D eigenvalue weighted by atomic mass is 9.96. The zero-order valence-corrected chi connectivity index (χ0v) is 11.4. The van der Waals surface area contributed by atoms with Crippen molar-refractivity contribution in [2.24, 2.45) is 11.7 Å². The van der Waals surface area contributed by atoms with Gasteiger partial charge in [-0.15, -0.1) is 0 Å². The lowest BCUT2D eigenvalue weighted by Crippen LogP contribution is -2.40. The second-order valence-electron chi connectivity index (χ2n) is 4.64. The molecule has 1 unspecified atom stereocenters. The van der Waals surface area contributed by atoms with E-state index in [4.69, 9.17) is 10.8 Å². The molecule has 5 nitrogen and oxygen atoms in total. The Labute approximate surface area is 109 Å². The monoisotopic (exact) mass is 258 g/mol. The van der Waals surface area contributed by atoms with Crippen LogP contribution in [0.15, 0.2) is 0 Å². The summed E-state index contributed by atoms with van der Waals surface area (Å²) >= 11 is 0. The van der Waals surface area contributed by atoms with Gasteiger partial charge in [-0.3, -0.25) is 4.79 Å². The maximum absolute atomic E-state index is 11.7. The zero-order chi connectivity index (χ0) is 14.0. The number of aliphatic carboxylic acids is 1. The Balaban J connectivity index is 4.04. The molecule has 0 aliphatic rings. The number of nitrogens with one attached hydrogen (secondary N) is 1. The van der Waals surface area contributed by atoms with Crippen molar-refractivity contribution in [3.8, 4) is 0 Å². The van der Waals surface area contributed by atoms with Gasteiger partial charge in [0.2, 0.25) is 5.91 Å². The standard InChI is InChI=1S/C13H26N2O3/c1-3-5-11(13(17)18)15-12(16)7-6-10(4-2)8-9-14/h10-11H,3-9,14H2,1-2H3,(H,15,16)(H,17,18)/t10?,11-/m0/s1. The van der Waals surface area contributed by atoms with Crippen molar-refractivity contribution in [1.29, 1.82) is 0 Å². The van der Waals surface area contributed by atoms with E-state index in [1.54, 1.807) is 0 Å². The number of amides is 1. The van der Waals surface area contributed by atoms with Crippen LogP contribution in [0.1, 0.15) is 52.4 Å². The first-order valence-electron chi connectivity index (χ1n) is 6.77. The van der Waals surface area contributed by atoms with Gasteiger partial charge in [0, 0.05) is 6.42 Å². The first-order valence-corrected chi connectivity index (χ1v) is 6.77. The van der Waals surface area contributed by atoms with E-state index >= 15 is 0 Å². The van der Waals surface area contributed by atoms with E-state index in [-0.39, 0.29) is 5.91 Å². The molecule has 0 aromatic carbocycles. The number of rotatable bonds is 10. The number of carbonyl (C=O) groups excluding carboxylic acids is 1. The summed E-state index contributed by atoms with van der Waals surface area (Å²) in [7, 11) is 0. The SMILES string of the molecule is CCC[C@H](NC(=O)CCC(CC)CCN)C(=O)O. The van der Waals surface area contributed by atoms with Gasteiger partial charge in [-0.05, 0) is 31.7 Å². The number of nitrogens with two attached hydrogens (primary N) is 1. The highest BCUT2D eigenvalue weighted by Gasteiger charge is 2.19. The average molecular weight is 258 g/mol. The van der Waals surface area contributed by atoms with Gasteiger partial charge in [0.15, 0.2) is 0 Å². The molecule has 5 heteroatoms. The molecule has 0 aliphatic heterocycles. The summed E-state index contributed by atoms with van der Waals surface area (Å²) in [6, 6.07) is -0.753. The molecule has 1 amide bonds. The Kier molecular flexibility index (Phi) is 9.28. The molecule has 0 heterocycles. The number of carboxylic acids is 1. The predicted octanol–water partition coefficient (Wildman–Crippen LogP) is 1.51. The zero-order valence-electron chi connectivity index (χ0n) is 11.4. The molecule has 0 radical (unpaired) electrons. The molecule has 0 saturated heterocycles. The Bertz CT molecular complexity index is 257. The van der Waals surface area contributed by atoms with E-state index < -0.39 is 12.0 Å². The molecule has 0 saturated carbocycles. The van der Waals surface area contributed by atoms with Gasteiger partial charge < -0.3 is 16.2 Å². The van der Waals surface area contributed by atoms with Crippen LogP contribution >= 0.6 is 0 Å². The second-order valence-corrected chi connectivity index (χ2v) is 4.64. The fourth-order valence-electron chi connectivity index (χ4n) is 1.94. The highest BCUT2D eigenvalue weighted by molar-refractivity contribution is 5.83. The van der Waals surface area contributed by atoms with Gasteiger partial charge in [-0.1, -0.05) is 26.7 Å². The Morgan fingerprint density at radius 3 is 2.33 bits per heavy atom. The largest absolute Gasteiger partial charge is 0.480 e. The highest BCUT2D eigenvalue weighted by Crippen LogP contribution is 2.14. The van der Waals surface area contributed by atoms with E-state index in [9.17, 15) is 9.59 Å². The number of hydrogen-bond acceptors (Lipinski definition) is 3. The van der Waals surface area contributed by atoms with E-state index in [2.05, 4.69) is 12.2 Å². The smallest absolute Gasteiger partial charge is 0.326 e. The predicted molar refractivity (Wildman–Crippen MR) is 71.2 cm³/mol. The Morgan fingerprint density at radius 1 is 1.22 bits per heavy atom. The minimum atomic E-state index is -0.959. The molecule has 106 valence electrons. The third-order valence-corrected chi connectivity index (χ3v) is 3.14. The summed E-state index contributed by atoms with van der Waals surface area (Å²) in [5.41, 5.74) is 5.49. The van der Waals surface area contributed by atoms with Gasteiger partial charge in [0.05, 0.1) is 0 Å². The fraction of sp³-hybridized carbons (Fsp3) is 0.846. The van der Waals surface area contributed by atoms with Crippen molar-refractivity contribution in [1.82, 2.24) is 5.32 Å². The van der Waals surface area contributed by atoms with Crippen molar-refractivity contribution in [3.05, 3.63) is 0 Å². The summed E-state index contributed by atoms with van der Waals surface area (Å²) in [5, 5.41) is 11.5. The van der Waals surface area contributed by atoms with Crippen LogP contribution in [0.25, 0.3) is 0 Å². The second kappa shape index (κ2) is 9.88. The molecular weight excluding hydrogens is 232 g/mol. The van der Waals surface area contributed by atoms with Crippen LogP contribution < -0.4 is 11.1 Å². The van der Waals surface area contributed by atoms with Gasteiger partial charge in [0.1, 0.15) is 6.04 Å². The molecule has 18 heavy (non-hydrogen) atoms. The molecule has 0 spiro atoms. The molecule has 0 aliphatic carbocycles. The quantitative estimate of drug-likeness (QED) is 0.554. The van der Waals surface area contributed by atoms with E-state index in [0.29, 0.717) is 25.3 Å². The number of carboxylic acid groups (broad SMARTS) is 1. The molecule has 0 fully saturated rings. The minimum Gasteiger partial charge on any atom is -0.480 e. The molecule has 0 aromatic rings. The van der Waals surface area contributed by atoms with Crippen molar-refractivity contribution >= 4 is 11.9 Å². The third kappa shape index (κ3) is 7.27. The van der Waals surface area contributed by atoms with Crippen LogP contribution in [0.3, 0.4) is 0 Å². The Morgan fingerprint density at radius 2 is 1.89 bits per heavy atom. The summed E-state index contributed by atoms with van der Waals surface area (Å²) in [6.45, 7) is 4.61. The topological polar surface area (TPSA) is 92.4 Å². The lowest BCUT2D eigenvalue weighted by molar-refractivity contribution is -0.142. The molecule has 0 bridgehead atoms. The van der Waals surface area contributed by atoms with Crippen molar-refractivity contribution < 1.29 is 14.7 Å². The molecule has 4 N–H and O–H groups in total. The average Bonchev–Trinajstić information content (AvgIpc) is 2.33. The van der Waals surface area contributed by atoms with E-state index in [0.717, 1.165) is 25.7 Å². The summed E-state index contributed by atoms with van der Waals surface area (Å²) < 4.78 is 0. The summed E-state index contributed by atoms with van der Waals surface area (Å²) in [4.78, 5) is 22.5. The van der Waals surface area contributed by atoms with Gasteiger partial charge in [-0.25, -0.2) is 4.79 Å². The number of carbonyl (C=O) groups is 2. The van der Waals surface area contributed by atoms with Crippen LogP contribution in [0.5, 0.6) is 0 Å². The normalized spacial score (nSPS) is 13.9. The van der Waals surface area contributed by atoms with E-state index in [1.165, 1.54) is 0 Å². The number of hydrogen-bond donors (Lipinski definition) is 3. The first-order chi connectivity index (χ1) is 8.54. The highest BCUT2D eigenvalue weighted by atomic mass is 16.4. The third-order valence-electron chi connectivity index (χ3n) is 3.14. The van der Waals surface area contributed by atoms with Gasteiger partial charge in [0.25, 0.3) is 0 Å². The van der Waals surface area contributed by atoms with Crippen molar-refractivity contribution in [2.45, 2.75) is 58.4 Å². The molecule has 0 rings (SSSR count). The van der Waals surface area contributed by atoms with Gasteiger partial charge in [-0.2, -0.15) is 0 Å². The van der Waals surface area contributed by atoms with E-state index in [1.807, 2.05) is 6.92 Å². The maximum Gasteiger partial charge on any atom is 0.326 e. The molecular formula is C13H26N2O3. The van der Waals surface area contributed by atoms with Crippen LogP contribution in [0.2, 0.25) is 0 Å². The summed E-state index contributed by atoms with van der Waals surface area (Å²) in [5.74, 6) is -0.680. The minimum absolute atomic E-state index is 0.175. The van der Waals surface area contributed by atoms with Crippen molar-refractivity contribution in [3.63, 3.8) is 0 Å². The fourth-order valence-corrected chi connectivity index (χ4v) is 1.94. The van der Waals surface area contributed by atoms with Gasteiger partial charge >= 0.3 is 5.97 Å². The summed E-state index contributed by atoms with van der Waals surface area (Å²) in [6.07, 6.45) is 4.29. The van der Waals surface area contributed by atoms with Crippen molar-refractivity contribution in [2.75, 3.05) is 6.54 Å². The molecule has 0 aromatic heterocycles. The molecule has 2 atom stereocenters. The lowest BCUT2D eigenvalue weighted by Gasteiger charge is -2.16.